The van der Waals surface area contributed by atoms with Crippen molar-refractivity contribution in [3.63, 3.8) is 0 Å². The van der Waals surface area contributed by atoms with Gasteiger partial charge in [0.15, 0.2) is 0 Å². The van der Waals surface area contributed by atoms with E-state index in [0.29, 0.717) is 12.2 Å². The van der Waals surface area contributed by atoms with E-state index in [1.165, 1.54) is 0 Å². The molecule has 1 amide bonds. The molecule has 0 aromatic rings. The summed E-state index contributed by atoms with van der Waals surface area (Å²) < 4.78 is 5.56. The predicted octanol–water partition coefficient (Wildman–Crippen LogP) is 3.93. The van der Waals surface area contributed by atoms with Crippen LogP contribution in [0.25, 0.3) is 0 Å². The van der Waals surface area contributed by atoms with E-state index in [1.807, 2.05) is 25.7 Å². The van der Waals surface area contributed by atoms with Crippen LogP contribution in [-0.2, 0) is 9.53 Å². The number of nitrogens with zero attached hydrogens (tertiary/aromatic N) is 1. The second-order valence-corrected chi connectivity index (χ2v) is 7.41. The van der Waals surface area contributed by atoms with E-state index in [-0.39, 0.29) is 18.1 Å². The van der Waals surface area contributed by atoms with Crippen molar-refractivity contribution in [1.29, 1.82) is 0 Å². The highest BCUT2D eigenvalue weighted by Gasteiger charge is 2.38. The largest absolute Gasteiger partial charge is 0.444 e. The number of hydrogen-bond acceptors (Lipinski definition) is 3. The first-order valence-electron chi connectivity index (χ1n) is 8.41. The molecule has 1 saturated carbocycles. The Morgan fingerprint density at radius 1 is 1.10 bits per heavy atom. The maximum atomic E-state index is 12.5. The quantitative estimate of drug-likeness (QED) is 0.736. The van der Waals surface area contributed by atoms with Crippen LogP contribution < -0.4 is 0 Å². The summed E-state index contributed by atoms with van der Waals surface area (Å²) >= 11 is 0. The summed E-state index contributed by atoms with van der Waals surface area (Å²) in [6.07, 6.45) is 7.68. The number of ether oxygens (including phenoxy) is 1. The van der Waals surface area contributed by atoms with Gasteiger partial charge in [0, 0.05) is 24.9 Å². The van der Waals surface area contributed by atoms with Crippen molar-refractivity contribution in [1.82, 2.24) is 4.90 Å². The maximum absolute atomic E-state index is 12.5. The molecule has 1 aliphatic carbocycles. The molecule has 2 aliphatic rings. The van der Waals surface area contributed by atoms with E-state index in [9.17, 15) is 9.59 Å². The van der Waals surface area contributed by atoms with Crippen LogP contribution in [0.15, 0.2) is 0 Å². The highest BCUT2D eigenvalue weighted by Crippen LogP contribution is 2.32. The molecule has 4 heteroatoms. The maximum Gasteiger partial charge on any atom is 0.410 e. The van der Waals surface area contributed by atoms with E-state index in [2.05, 4.69) is 0 Å². The molecule has 0 N–H and O–H groups in total. The highest BCUT2D eigenvalue weighted by atomic mass is 16.6. The van der Waals surface area contributed by atoms with Gasteiger partial charge in [-0.25, -0.2) is 4.79 Å². The molecule has 2 rings (SSSR count). The second kappa shape index (κ2) is 6.80. The number of ketones is 1. The Bertz CT molecular complexity index is 386. The van der Waals surface area contributed by atoms with E-state index >= 15 is 0 Å². The molecule has 120 valence electrons. The summed E-state index contributed by atoms with van der Waals surface area (Å²) in [5.41, 5.74) is -0.482. The molecule has 0 aromatic heterocycles. The number of amides is 1. The van der Waals surface area contributed by atoms with Gasteiger partial charge in [-0.3, -0.25) is 4.79 Å². The summed E-state index contributed by atoms with van der Waals surface area (Å²) in [5, 5.41) is 0. The first-order chi connectivity index (χ1) is 9.88. The van der Waals surface area contributed by atoms with Crippen LogP contribution in [0.5, 0.6) is 0 Å². The molecule has 1 heterocycles. The van der Waals surface area contributed by atoms with Crippen molar-refractivity contribution < 1.29 is 14.3 Å². The highest BCUT2D eigenvalue weighted by molar-refractivity contribution is 5.83. The Balaban J connectivity index is 2.13. The fourth-order valence-corrected chi connectivity index (χ4v) is 3.52. The minimum atomic E-state index is -0.482. The second-order valence-electron chi connectivity index (χ2n) is 7.41. The third-order valence-corrected chi connectivity index (χ3v) is 4.49. The van der Waals surface area contributed by atoms with Gasteiger partial charge in [0.25, 0.3) is 0 Å². The summed E-state index contributed by atoms with van der Waals surface area (Å²) in [4.78, 5) is 26.7. The van der Waals surface area contributed by atoms with Crippen LogP contribution in [0.1, 0.15) is 72.1 Å². The molecule has 0 bridgehead atoms. The molecule has 21 heavy (non-hydrogen) atoms. The molecule has 0 unspecified atom stereocenters. The monoisotopic (exact) mass is 295 g/mol. The molecular weight excluding hydrogens is 266 g/mol. The topological polar surface area (TPSA) is 46.6 Å². The van der Waals surface area contributed by atoms with Crippen molar-refractivity contribution in [2.24, 2.45) is 5.92 Å². The molecular formula is C17H29NO3. The summed E-state index contributed by atoms with van der Waals surface area (Å²) in [6, 6.07) is 0.0511. The van der Waals surface area contributed by atoms with Gasteiger partial charge < -0.3 is 9.64 Å². The number of carbonyl (C=O) groups excluding carboxylic acids is 2. The molecule has 4 nitrogen and oxygen atoms in total. The first kappa shape index (κ1) is 16.3. The van der Waals surface area contributed by atoms with Crippen LogP contribution >= 0.6 is 0 Å². The van der Waals surface area contributed by atoms with Gasteiger partial charge in [0.1, 0.15) is 11.4 Å². The smallest absolute Gasteiger partial charge is 0.410 e. The number of rotatable bonds is 1. The predicted molar refractivity (Wildman–Crippen MR) is 82.2 cm³/mol. The van der Waals surface area contributed by atoms with E-state index in [1.54, 1.807) is 0 Å². The zero-order valence-electron chi connectivity index (χ0n) is 13.7. The minimum absolute atomic E-state index is 0.0318. The van der Waals surface area contributed by atoms with E-state index in [4.69, 9.17) is 4.74 Å². The van der Waals surface area contributed by atoms with Crippen LogP contribution in [0.2, 0.25) is 0 Å². The number of Topliss-reactive ketones (excluding diaryl/α,β-unsaturated/α-hetero) is 1. The summed E-state index contributed by atoms with van der Waals surface area (Å²) in [6.45, 7) is 6.40. The molecule has 0 radical (unpaired) electrons. The third-order valence-electron chi connectivity index (χ3n) is 4.49. The Morgan fingerprint density at radius 3 is 2.48 bits per heavy atom. The SMILES string of the molecule is CC(C)(C)OC(=O)N1CCCCC[C@H]1[C@H]1CCCCC1=O. The fraction of sp³-hybridized carbons (Fsp3) is 0.882. The van der Waals surface area contributed by atoms with Crippen molar-refractivity contribution >= 4 is 11.9 Å². The van der Waals surface area contributed by atoms with Gasteiger partial charge in [0.2, 0.25) is 0 Å². The van der Waals surface area contributed by atoms with Crippen LogP contribution in [0.4, 0.5) is 4.79 Å². The molecule has 0 aromatic carbocycles. The fourth-order valence-electron chi connectivity index (χ4n) is 3.52. The Kier molecular flexibility index (Phi) is 5.28. The Hall–Kier alpha value is -1.06. The normalized spacial score (nSPS) is 28.1. The minimum Gasteiger partial charge on any atom is -0.444 e. The number of likely N-dealkylation sites (tertiary alicyclic amines) is 1. The average Bonchev–Trinajstić information content (AvgIpc) is 2.63. The lowest BCUT2D eigenvalue weighted by molar-refractivity contribution is -0.127. The Labute approximate surface area is 128 Å². The zero-order valence-corrected chi connectivity index (χ0v) is 13.7. The lowest BCUT2D eigenvalue weighted by Gasteiger charge is -2.37. The molecule has 1 saturated heterocycles. The van der Waals surface area contributed by atoms with Gasteiger partial charge in [-0.1, -0.05) is 19.3 Å². The lowest BCUT2D eigenvalue weighted by Crippen LogP contribution is -2.49. The van der Waals surface area contributed by atoms with Gasteiger partial charge in [-0.05, 0) is 46.5 Å². The van der Waals surface area contributed by atoms with E-state index < -0.39 is 5.60 Å². The molecule has 0 spiro atoms. The molecule has 2 atom stereocenters. The van der Waals surface area contributed by atoms with Crippen molar-refractivity contribution in [2.75, 3.05) is 6.54 Å². The molecule has 1 aliphatic heterocycles. The van der Waals surface area contributed by atoms with Gasteiger partial charge in [0.05, 0.1) is 0 Å². The third kappa shape index (κ3) is 4.45. The van der Waals surface area contributed by atoms with Crippen molar-refractivity contribution in [3.8, 4) is 0 Å². The van der Waals surface area contributed by atoms with Crippen LogP contribution in [-0.4, -0.2) is 35.0 Å². The number of hydrogen-bond donors (Lipinski definition) is 0. The molecule has 2 fully saturated rings. The number of carbonyl (C=O) groups is 2. The average molecular weight is 295 g/mol. The summed E-state index contributed by atoms with van der Waals surface area (Å²) in [7, 11) is 0. The lowest BCUT2D eigenvalue weighted by atomic mass is 9.80. The van der Waals surface area contributed by atoms with Gasteiger partial charge >= 0.3 is 6.09 Å². The van der Waals surface area contributed by atoms with Crippen LogP contribution in [0.3, 0.4) is 0 Å². The van der Waals surface area contributed by atoms with Gasteiger partial charge in [-0.15, -0.1) is 0 Å². The first-order valence-corrected chi connectivity index (χ1v) is 8.41. The Morgan fingerprint density at radius 2 is 1.81 bits per heavy atom. The standard InChI is InChI=1S/C17H29NO3/c1-17(2,3)21-16(20)18-12-8-4-5-10-14(18)13-9-6-7-11-15(13)19/h13-14H,4-12H2,1-3H3/t13-,14+/m1/s1. The van der Waals surface area contributed by atoms with E-state index in [0.717, 1.165) is 51.5 Å². The summed E-state index contributed by atoms with van der Waals surface area (Å²) in [5.74, 6) is 0.381. The van der Waals surface area contributed by atoms with Crippen molar-refractivity contribution in [2.45, 2.75) is 83.8 Å². The van der Waals surface area contributed by atoms with Crippen molar-refractivity contribution in [3.05, 3.63) is 0 Å². The zero-order chi connectivity index (χ0) is 15.5. The van der Waals surface area contributed by atoms with Gasteiger partial charge in [-0.2, -0.15) is 0 Å². The van der Waals surface area contributed by atoms with Crippen LogP contribution in [0, 0.1) is 5.92 Å².